The fraction of sp³-hybridized carbons (Fsp3) is 0.235. The molecule has 0 fully saturated rings. The lowest BCUT2D eigenvalue weighted by atomic mass is 10.1. The molecule has 23 heavy (non-hydrogen) atoms. The van der Waals surface area contributed by atoms with Gasteiger partial charge < -0.3 is 10.1 Å². The van der Waals surface area contributed by atoms with Gasteiger partial charge in [-0.25, -0.2) is 8.78 Å². The van der Waals surface area contributed by atoms with Gasteiger partial charge in [0.1, 0.15) is 17.4 Å². The number of carbonyl (C=O) groups is 1. The molecule has 1 atom stereocenters. The summed E-state index contributed by atoms with van der Waals surface area (Å²) in [4.78, 5) is 11.9. The topological polar surface area (TPSA) is 38.3 Å². The summed E-state index contributed by atoms with van der Waals surface area (Å²) in [5.41, 5.74) is 0.922. The van der Waals surface area contributed by atoms with Crippen LogP contribution in [0, 0.1) is 11.6 Å². The maximum absolute atomic E-state index is 13.1. The van der Waals surface area contributed by atoms with Crippen LogP contribution >= 0.6 is 11.6 Å². The zero-order chi connectivity index (χ0) is 16.8. The van der Waals surface area contributed by atoms with Gasteiger partial charge in [-0.3, -0.25) is 4.79 Å². The van der Waals surface area contributed by atoms with E-state index in [2.05, 4.69) is 5.32 Å². The SMILES string of the molecule is C[C@@H](Oc1ccc(F)c(Cl)c1)C(=O)NCCc1ccc(F)cc1. The maximum atomic E-state index is 13.1. The fourth-order valence-corrected chi connectivity index (χ4v) is 2.10. The Morgan fingerprint density at radius 1 is 1.22 bits per heavy atom. The summed E-state index contributed by atoms with van der Waals surface area (Å²) in [6.07, 6.45) is -0.161. The van der Waals surface area contributed by atoms with Gasteiger partial charge in [0.15, 0.2) is 6.10 Å². The van der Waals surface area contributed by atoms with Gasteiger partial charge in [-0.15, -0.1) is 0 Å². The van der Waals surface area contributed by atoms with Crippen LogP contribution in [0.4, 0.5) is 8.78 Å². The van der Waals surface area contributed by atoms with Crippen molar-refractivity contribution in [2.24, 2.45) is 0 Å². The van der Waals surface area contributed by atoms with Crippen molar-refractivity contribution in [2.45, 2.75) is 19.4 Å². The number of hydrogen-bond acceptors (Lipinski definition) is 2. The van der Waals surface area contributed by atoms with Crippen LogP contribution < -0.4 is 10.1 Å². The number of carbonyl (C=O) groups excluding carboxylic acids is 1. The maximum Gasteiger partial charge on any atom is 0.260 e. The lowest BCUT2D eigenvalue weighted by Crippen LogP contribution is -2.37. The molecule has 2 aromatic rings. The van der Waals surface area contributed by atoms with E-state index in [0.29, 0.717) is 18.7 Å². The summed E-state index contributed by atoms with van der Waals surface area (Å²) in [6, 6.07) is 9.99. The molecule has 0 radical (unpaired) electrons. The van der Waals surface area contributed by atoms with Gasteiger partial charge in [-0.2, -0.15) is 0 Å². The van der Waals surface area contributed by atoms with Crippen LogP contribution in [0.2, 0.25) is 5.02 Å². The zero-order valence-corrected chi connectivity index (χ0v) is 13.2. The first-order chi connectivity index (χ1) is 11.0. The first-order valence-electron chi connectivity index (χ1n) is 7.09. The largest absolute Gasteiger partial charge is 0.481 e. The lowest BCUT2D eigenvalue weighted by Gasteiger charge is -2.15. The Morgan fingerprint density at radius 2 is 1.91 bits per heavy atom. The molecule has 2 aromatic carbocycles. The van der Waals surface area contributed by atoms with Crippen molar-refractivity contribution in [2.75, 3.05) is 6.54 Å². The number of rotatable bonds is 6. The van der Waals surface area contributed by atoms with E-state index in [1.54, 1.807) is 19.1 Å². The van der Waals surface area contributed by atoms with Crippen molar-refractivity contribution in [3.63, 3.8) is 0 Å². The molecule has 1 amide bonds. The van der Waals surface area contributed by atoms with E-state index >= 15 is 0 Å². The first-order valence-corrected chi connectivity index (χ1v) is 7.47. The molecule has 0 bridgehead atoms. The average Bonchev–Trinajstić information content (AvgIpc) is 2.52. The summed E-state index contributed by atoms with van der Waals surface area (Å²) in [5, 5.41) is 2.66. The molecule has 2 rings (SSSR count). The Labute approximate surface area is 138 Å². The molecule has 0 aromatic heterocycles. The first kappa shape index (κ1) is 17.2. The molecule has 1 N–H and O–H groups in total. The minimum Gasteiger partial charge on any atom is -0.481 e. The van der Waals surface area contributed by atoms with Crippen LogP contribution in [0.5, 0.6) is 5.75 Å². The predicted molar refractivity (Wildman–Crippen MR) is 84.6 cm³/mol. The second-order valence-electron chi connectivity index (χ2n) is 5.00. The van der Waals surface area contributed by atoms with Gasteiger partial charge in [0.05, 0.1) is 5.02 Å². The van der Waals surface area contributed by atoms with E-state index in [-0.39, 0.29) is 16.7 Å². The van der Waals surface area contributed by atoms with E-state index in [1.165, 1.54) is 30.3 Å². The van der Waals surface area contributed by atoms with E-state index < -0.39 is 11.9 Å². The van der Waals surface area contributed by atoms with Crippen LogP contribution in [0.3, 0.4) is 0 Å². The zero-order valence-electron chi connectivity index (χ0n) is 12.5. The molecule has 0 saturated heterocycles. The molecule has 0 spiro atoms. The number of nitrogens with one attached hydrogen (secondary N) is 1. The van der Waals surface area contributed by atoms with Crippen LogP contribution in [0.25, 0.3) is 0 Å². The van der Waals surface area contributed by atoms with Crippen LogP contribution in [-0.4, -0.2) is 18.6 Å². The molecule has 0 aliphatic rings. The highest BCUT2D eigenvalue weighted by Gasteiger charge is 2.14. The quantitative estimate of drug-likeness (QED) is 0.870. The Hall–Kier alpha value is -2.14. The van der Waals surface area contributed by atoms with Crippen molar-refractivity contribution in [3.8, 4) is 5.75 Å². The summed E-state index contributed by atoms with van der Waals surface area (Å²) < 4.78 is 31.3. The van der Waals surface area contributed by atoms with E-state index in [0.717, 1.165) is 5.56 Å². The van der Waals surface area contributed by atoms with Crippen molar-refractivity contribution >= 4 is 17.5 Å². The van der Waals surface area contributed by atoms with Crippen LogP contribution in [-0.2, 0) is 11.2 Å². The molecule has 6 heteroatoms. The molecule has 3 nitrogen and oxygen atoms in total. The minimum atomic E-state index is -0.746. The fourth-order valence-electron chi connectivity index (χ4n) is 1.93. The summed E-state index contributed by atoms with van der Waals surface area (Å²) in [5.74, 6) is -0.821. The van der Waals surface area contributed by atoms with Gasteiger partial charge in [0.2, 0.25) is 0 Å². The summed E-state index contributed by atoms with van der Waals surface area (Å²) >= 11 is 5.66. The second kappa shape index (κ2) is 7.92. The third kappa shape index (κ3) is 5.21. The minimum absolute atomic E-state index is 0.0635. The van der Waals surface area contributed by atoms with Crippen molar-refractivity contribution < 1.29 is 18.3 Å². The van der Waals surface area contributed by atoms with Gasteiger partial charge >= 0.3 is 0 Å². The smallest absolute Gasteiger partial charge is 0.260 e. The summed E-state index contributed by atoms with van der Waals surface area (Å²) in [6.45, 7) is 1.99. The number of halogens is 3. The number of benzene rings is 2. The molecule has 0 aliphatic carbocycles. The number of hydrogen-bond donors (Lipinski definition) is 1. The van der Waals surface area contributed by atoms with E-state index in [1.807, 2.05) is 0 Å². The Bertz CT molecular complexity index is 677. The van der Waals surface area contributed by atoms with E-state index in [4.69, 9.17) is 16.3 Å². The normalized spacial score (nSPS) is 11.8. The lowest BCUT2D eigenvalue weighted by molar-refractivity contribution is -0.127. The highest BCUT2D eigenvalue weighted by Crippen LogP contribution is 2.21. The number of amides is 1. The molecular formula is C17H16ClF2NO2. The molecule has 122 valence electrons. The van der Waals surface area contributed by atoms with Gasteiger partial charge in [-0.1, -0.05) is 23.7 Å². The Morgan fingerprint density at radius 3 is 2.57 bits per heavy atom. The highest BCUT2D eigenvalue weighted by molar-refractivity contribution is 6.30. The van der Waals surface area contributed by atoms with Crippen molar-refractivity contribution in [1.82, 2.24) is 5.32 Å². The Kier molecular flexibility index (Phi) is 5.93. The van der Waals surface area contributed by atoms with Crippen molar-refractivity contribution in [1.29, 1.82) is 0 Å². The summed E-state index contributed by atoms with van der Waals surface area (Å²) in [7, 11) is 0. The standard InChI is InChI=1S/C17H16ClF2NO2/c1-11(23-14-6-7-16(20)15(18)10-14)17(22)21-9-8-12-2-4-13(19)5-3-12/h2-7,10-11H,8-9H2,1H3,(H,21,22)/t11-/m1/s1. The second-order valence-corrected chi connectivity index (χ2v) is 5.41. The van der Waals surface area contributed by atoms with Crippen LogP contribution in [0.15, 0.2) is 42.5 Å². The van der Waals surface area contributed by atoms with Gasteiger partial charge in [0, 0.05) is 12.6 Å². The molecule has 0 unspecified atom stereocenters. The Balaban J connectivity index is 1.80. The van der Waals surface area contributed by atoms with Gasteiger partial charge in [0.25, 0.3) is 5.91 Å². The average molecular weight is 340 g/mol. The van der Waals surface area contributed by atoms with Crippen LogP contribution in [0.1, 0.15) is 12.5 Å². The molecule has 0 aliphatic heterocycles. The molecule has 0 heterocycles. The van der Waals surface area contributed by atoms with E-state index in [9.17, 15) is 13.6 Å². The predicted octanol–water partition coefficient (Wildman–Crippen LogP) is 3.74. The highest BCUT2D eigenvalue weighted by atomic mass is 35.5. The third-order valence-corrected chi connectivity index (χ3v) is 3.49. The van der Waals surface area contributed by atoms with Gasteiger partial charge in [-0.05, 0) is 43.2 Å². The monoisotopic (exact) mass is 339 g/mol. The van der Waals surface area contributed by atoms with Crippen molar-refractivity contribution in [3.05, 3.63) is 64.7 Å². The third-order valence-electron chi connectivity index (χ3n) is 3.20. The molecule has 0 saturated carbocycles. The molecular weight excluding hydrogens is 324 g/mol. The number of ether oxygens (including phenoxy) is 1.